The fourth-order valence-electron chi connectivity index (χ4n) is 2.59. The second-order valence-electron chi connectivity index (χ2n) is 6.14. The summed E-state index contributed by atoms with van der Waals surface area (Å²) in [7, 11) is 0. The molecule has 0 saturated carbocycles. The van der Waals surface area contributed by atoms with Crippen molar-refractivity contribution in [2.45, 2.75) is 0 Å². The van der Waals surface area contributed by atoms with E-state index in [0.29, 0.717) is 5.75 Å². The summed E-state index contributed by atoms with van der Waals surface area (Å²) in [5.74, 6) is -0.301. The lowest BCUT2D eigenvalue weighted by molar-refractivity contribution is -0.123. The number of thiocarbonyl (C=S) groups is 1. The molecule has 0 bridgehead atoms. The van der Waals surface area contributed by atoms with Crippen molar-refractivity contribution in [2.24, 2.45) is 0 Å². The second kappa shape index (κ2) is 10.5. The van der Waals surface area contributed by atoms with Crippen LogP contribution in [0.1, 0.15) is 5.56 Å². The number of hydrogen-bond acceptors (Lipinski definition) is 4. The van der Waals surface area contributed by atoms with Crippen LogP contribution in [-0.2, 0) is 9.59 Å². The van der Waals surface area contributed by atoms with Crippen LogP contribution in [0.3, 0.4) is 0 Å². The van der Waals surface area contributed by atoms with Crippen molar-refractivity contribution < 1.29 is 14.3 Å². The van der Waals surface area contributed by atoms with Gasteiger partial charge in [-0.2, -0.15) is 0 Å². The highest BCUT2D eigenvalue weighted by molar-refractivity contribution is 9.10. The first-order valence-electron chi connectivity index (χ1n) is 8.95. The van der Waals surface area contributed by atoms with Crippen LogP contribution in [0.5, 0.6) is 5.75 Å². The fraction of sp³-hybridized carbons (Fsp3) is 0.0455. The van der Waals surface area contributed by atoms with Gasteiger partial charge in [-0.05, 0) is 58.9 Å². The monoisotopic (exact) mass is 483 g/mol. The molecule has 3 aromatic rings. The lowest BCUT2D eigenvalue weighted by Gasteiger charge is -2.10. The van der Waals surface area contributed by atoms with Gasteiger partial charge in [0.25, 0.3) is 5.91 Å². The molecule has 2 amide bonds. The number of hydrogen-bond donors (Lipinski definition) is 3. The van der Waals surface area contributed by atoms with Crippen LogP contribution in [0.2, 0.25) is 0 Å². The third kappa shape index (κ3) is 6.40. The molecular formula is C22H18BrN3O3S. The van der Waals surface area contributed by atoms with Crippen LogP contribution < -0.4 is 20.9 Å². The third-order valence-electron chi connectivity index (χ3n) is 3.97. The molecule has 0 unspecified atom stereocenters. The van der Waals surface area contributed by atoms with Gasteiger partial charge in [-0.3, -0.25) is 25.8 Å². The Morgan fingerprint density at radius 2 is 1.70 bits per heavy atom. The molecule has 3 aromatic carbocycles. The van der Waals surface area contributed by atoms with E-state index in [1.165, 1.54) is 6.08 Å². The van der Waals surface area contributed by atoms with Crippen molar-refractivity contribution in [2.75, 3.05) is 6.61 Å². The quantitative estimate of drug-likeness (QED) is 0.292. The van der Waals surface area contributed by atoms with Gasteiger partial charge in [0, 0.05) is 10.5 Å². The molecule has 0 aliphatic rings. The number of fused-ring (bicyclic) bond motifs is 1. The van der Waals surface area contributed by atoms with Crippen molar-refractivity contribution >= 4 is 61.9 Å². The van der Waals surface area contributed by atoms with Gasteiger partial charge in [0.2, 0.25) is 5.91 Å². The largest absolute Gasteiger partial charge is 0.484 e. The van der Waals surface area contributed by atoms with Gasteiger partial charge < -0.3 is 4.74 Å². The predicted molar refractivity (Wildman–Crippen MR) is 125 cm³/mol. The minimum Gasteiger partial charge on any atom is -0.484 e. The van der Waals surface area contributed by atoms with E-state index in [1.54, 1.807) is 18.2 Å². The Bertz CT molecular complexity index is 1090. The Kier molecular flexibility index (Phi) is 7.53. The van der Waals surface area contributed by atoms with E-state index in [-0.39, 0.29) is 11.7 Å². The molecular weight excluding hydrogens is 466 g/mol. The van der Waals surface area contributed by atoms with Gasteiger partial charge in [0.1, 0.15) is 5.75 Å². The molecule has 0 saturated heterocycles. The first-order chi connectivity index (χ1) is 14.5. The van der Waals surface area contributed by atoms with E-state index < -0.39 is 11.8 Å². The molecule has 0 aromatic heterocycles. The topological polar surface area (TPSA) is 79.5 Å². The standard InChI is InChI=1S/C22H18BrN3O3S/c23-17-9-11-18(12-10-17)29-14-21(28)25-26-22(30)24-20(27)13-8-16-6-3-5-15-4-1-2-7-19(15)16/h1-13H,14H2,(H,25,28)(H2,24,26,27,30)/b13-8+. The highest BCUT2D eigenvalue weighted by Crippen LogP contribution is 2.19. The zero-order chi connectivity index (χ0) is 21.3. The zero-order valence-electron chi connectivity index (χ0n) is 15.7. The summed E-state index contributed by atoms with van der Waals surface area (Å²) < 4.78 is 6.26. The minimum atomic E-state index is -0.444. The summed E-state index contributed by atoms with van der Waals surface area (Å²) in [6.07, 6.45) is 3.10. The lowest BCUT2D eigenvalue weighted by atomic mass is 10.0. The Hall–Kier alpha value is -3.23. The van der Waals surface area contributed by atoms with E-state index in [2.05, 4.69) is 32.1 Å². The van der Waals surface area contributed by atoms with Crippen LogP contribution in [-0.4, -0.2) is 23.5 Å². The van der Waals surface area contributed by atoms with E-state index in [1.807, 2.05) is 54.6 Å². The van der Waals surface area contributed by atoms with Gasteiger partial charge in [-0.1, -0.05) is 58.4 Å². The number of carbonyl (C=O) groups excluding carboxylic acids is 2. The molecule has 8 heteroatoms. The molecule has 0 aliphatic carbocycles. The Balaban J connectivity index is 1.44. The molecule has 0 radical (unpaired) electrons. The van der Waals surface area contributed by atoms with Crippen LogP contribution in [0.4, 0.5) is 0 Å². The zero-order valence-corrected chi connectivity index (χ0v) is 18.1. The average Bonchev–Trinajstić information content (AvgIpc) is 2.76. The van der Waals surface area contributed by atoms with Crippen LogP contribution >= 0.6 is 28.1 Å². The Labute approximate surface area is 187 Å². The number of nitrogens with one attached hydrogen (secondary N) is 3. The molecule has 3 rings (SSSR count). The van der Waals surface area contributed by atoms with Crippen molar-refractivity contribution in [1.29, 1.82) is 0 Å². The van der Waals surface area contributed by atoms with Gasteiger partial charge in [-0.15, -0.1) is 0 Å². The number of carbonyl (C=O) groups is 2. The van der Waals surface area contributed by atoms with Gasteiger partial charge in [0.05, 0.1) is 0 Å². The summed E-state index contributed by atoms with van der Waals surface area (Å²) in [6.45, 7) is -0.202. The summed E-state index contributed by atoms with van der Waals surface area (Å²) in [5.41, 5.74) is 5.75. The summed E-state index contributed by atoms with van der Waals surface area (Å²) in [4.78, 5) is 23.9. The molecule has 0 aliphatic heterocycles. The highest BCUT2D eigenvalue weighted by Gasteiger charge is 2.05. The molecule has 0 atom stereocenters. The van der Waals surface area contributed by atoms with Crippen molar-refractivity contribution in [3.8, 4) is 5.75 Å². The van der Waals surface area contributed by atoms with E-state index in [0.717, 1.165) is 20.8 Å². The summed E-state index contributed by atoms with van der Waals surface area (Å²) in [5, 5.41) is 4.57. The predicted octanol–water partition coefficient (Wildman–Crippen LogP) is 3.72. The van der Waals surface area contributed by atoms with Gasteiger partial charge in [0.15, 0.2) is 11.7 Å². The number of benzene rings is 3. The number of amides is 2. The number of ether oxygens (including phenoxy) is 1. The molecule has 0 spiro atoms. The molecule has 30 heavy (non-hydrogen) atoms. The van der Waals surface area contributed by atoms with Crippen molar-refractivity contribution in [1.82, 2.24) is 16.2 Å². The first kappa shape index (κ1) is 21.5. The van der Waals surface area contributed by atoms with Crippen LogP contribution in [0.25, 0.3) is 16.8 Å². The molecule has 0 fully saturated rings. The molecule has 152 valence electrons. The molecule has 0 heterocycles. The average molecular weight is 484 g/mol. The molecule has 3 N–H and O–H groups in total. The Morgan fingerprint density at radius 1 is 0.967 bits per heavy atom. The normalized spacial score (nSPS) is 10.6. The van der Waals surface area contributed by atoms with E-state index in [4.69, 9.17) is 17.0 Å². The summed E-state index contributed by atoms with van der Waals surface area (Å²) >= 11 is 8.33. The summed E-state index contributed by atoms with van der Waals surface area (Å²) in [6, 6.07) is 20.9. The maximum Gasteiger partial charge on any atom is 0.276 e. The number of hydrazine groups is 1. The van der Waals surface area contributed by atoms with Crippen LogP contribution in [0.15, 0.2) is 77.3 Å². The highest BCUT2D eigenvalue weighted by atomic mass is 79.9. The van der Waals surface area contributed by atoms with Crippen molar-refractivity contribution in [3.05, 3.63) is 82.8 Å². The number of rotatable bonds is 5. The first-order valence-corrected chi connectivity index (χ1v) is 10.2. The maximum atomic E-state index is 12.1. The minimum absolute atomic E-state index is 0.0282. The van der Waals surface area contributed by atoms with Crippen molar-refractivity contribution in [3.63, 3.8) is 0 Å². The molecule has 6 nitrogen and oxygen atoms in total. The second-order valence-corrected chi connectivity index (χ2v) is 7.46. The van der Waals surface area contributed by atoms with E-state index >= 15 is 0 Å². The van der Waals surface area contributed by atoms with E-state index in [9.17, 15) is 9.59 Å². The van der Waals surface area contributed by atoms with Crippen LogP contribution in [0, 0.1) is 0 Å². The smallest absolute Gasteiger partial charge is 0.276 e. The third-order valence-corrected chi connectivity index (χ3v) is 4.71. The Morgan fingerprint density at radius 3 is 2.50 bits per heavy atom. The van der Waals surface area contributed by atoms with Gasteiger partial charge >= 0.3 is 0 Å². The fourth-order valence-corrected chi connectivity index (χ4v) is 3.00. The SMILES string of the molecule is O=C(/C=C/c1cccc2ccccc12)NC(=S)NNC(=O)COc1ccc(Br)cc1. The van der Waals surface area contributed by atoms with Gasteiger partial charge in [-0.25, -0.2) is 0 Å². The number of halogens is 1. The maximum absolute atomic E-state index is 12.1. The lowest BCUT2D eigenvalue weighted by Crippen LogP contribution is -2.49.